The normalized spacial score (nSPS) is 14.2. The Morgan fingerprint density at radius 1 is 1.29 bits per heavy atom. The highest BCUT2D eigenvalue weighted by molar-refractivity contribution is 6.10. The third-order valence-electron chi connectivity index (χ3n) is 4.00. The Kier molecular flexibility index (Phi) is 3.37. The lowest BCUT2D eigenvalue weighted by molar-refractivity contribution is -0.118. The number of carbonyl (C=O) groups excluding carboxylic acids is 2. The summed E-state index contributed by atoms with van der Waals surface area (Å²) in [6, 6.07) is 7.25. The fourth-order valence-corrected chi connectivity index (χ4v) is 2.77. The molecule has 0 unspecified atom stereocenters. The predicted octanol–water partition coefficient (Wildman–Crippen LogP) is 2.98. The van der Waals surface area contributed by atoms with Gasteiger partial charge >= 0.3 is 0 Å². The van der Waals surface area contributed by atoms with Crippen LogP contribution in [0, 0.1) is 0 Å². The molecule has 1 aliphatic rings. The number of aryl methyl sites for hydroxylation is 2. The van der Waals surface area contributed by atoms with E-state index in [1.54, 1.807) is 30.3 Å². The van der Waals surface area contributed by atoms with Crippen LogP contribution in [0.5, 0.6) is 0 Å². The van der Waals surface area contributed by atoms with Crippen LogP contribution in [0.25, 0.3) is 0 Å². The zero-order chi connectivity index (χ0) is 15.0. The summed E-state index contributed by atoms with van der Waals surface area (Å²) in [5.74, 6) is 0.803. The molecule has 0 saturated heterocycles. The molecule has 1 amide bonds. The van der Waals surface area contributed by atoms with Crippen molar-refractivity contribution in [3.8, 4) is 0 Å². The third kappa shape index (κ3) is 2.27. The number of carbonyl (C=O) groups is 2. The van der Waals surface area contributed by atoms with E-state index in [1.165, 1.54) is 0 Å². The minimum atomic E-state index is -0.0250. The van der Waals surface area contributed by atoms with Crippen LogP contribution < -0.4 is 4.90 Å². The number of fused-ring (bicyclic) bond motifs is 1. The summed E-state index contributed by atoms with van der Waals surface area (Å²) in [6.07, 6.45) is 3.42. The number of ketones is 1. The molecule has 0 atom stereocenters. The van der Waals surface area contributed by atoms with Gasteiger partial charge in [0.25, 0.3) is 0 Å². The first-order valence-electron chi connectivity index (χ1n) is 7.12. The predicted molar refractivity (Wildman–Crippen MR) is 79.7 cm³/mol. The van der Waals surface area contributed by atoms with Gasteiger partial charge in [-0.2, -0.15) is 0 Å². The van der Waals surface area contributed by atoms with Gasteiger partial charge in [-0.15, -0.1) is 0 Å². The summed E-state index contributed by atoms with van der Waals surface area (Å²) in [5, 5.41) is 0. The van der Waals surface area contributed by atoms with Crippen molar-refractivity contribution in [1.82, 2.24) is 0 Å². The molecule has 21 heavy (non-hydrogen) atoms. The van der Waals surface area contributed by atoms with Crippen molar-refractivity contribution in [2.24, 2.45) is 0 Å². The van der Waals surface area contributed by atoms with Gasteiger partial charge in [0.05, 0.1) is 11.8 Å². The summed E-state index contributed by atoms with van der Waals surface area (Å²) in [6.45, 7) is 1.96. The number of nitrogens with zero attached hydrogens (tertiary/aromatic N) is 1. The van der Waals surface area contributed by atoms with Crippen molar-refractivity contribution < 1.29 is 14.0 Å². The van der Waals surface area contributed by atoms with Gasteiger partial charge in [-0.25, -0.2) is 0 Å². The fraction of sp³-hybridized carbons (Fsp3) is 0.294. The van der Waals surface area contributed by atoms with E-state index in [0.717, 1.165) is 11.3 Å². The van der Waals surface area contributed by atoms with Crippen LogP contribution in [0.3, 0.4) is 0 Å². The maximum absolute atomic E-state index is 12.6. The highest BCUT2D eigenvalue weighted by Gasteiger charge is 2.23. The molecule has 0 N–H and O–H groups in total. The van der Waals surface area contributed by atoms with Crippen LogP contribution >= 0.6 is 0 Å². The maximum atomic E-state index is 12.6. The second-order valence-corrected chi connectivity index (χ2v) is 5.24. The molecule has 1 aromatic carbocycles. The van der Waals surface area contributed by atoms with Crippen LogP contribution in [-0.4, -0.2) is 18.7 Å². The molecule has 0 spiro atoms. The first-order valence-corrected chi connectivity index (χ1v) is 7.12. The van der Waals surface area contributed by atoms with E-state index in [-0.39, 0.29) is 11.7 Å². The molecule has 2 heterocycles. The molecule has 0 saturated carbocycles. The van der Waals surface area contributed by atoms with Crippen molar-refractivity contribution in [3.05, 3.63) is 53.0 Å². The van der Waals surface area contributed by atoms with Gasteiger partial charge in [0.15, 0.2) is 5.78 Å². The summed E-state index contributed by atoms with van der Waals surface area (Å²) in [5.41, 5.74) is 3.21. The molecular weight excluding hydrogens is 266 g/mol. The standard InChI is InChI=1S/C17H17NO3/c1-3-15-13(8-9-21-15)17(20)12-4-6-14-11(10-12)5-7-16(19)18(14)2/h4,6,8-10H,3,5,7H2,1-2H3. The van der Waals surface area contributed by atoms with Crippen LogP contribution in [0.4, 0.5) is 5.69 Å². The molecule has 0 radical (unpaired) electrons. The maximum Gasteiger partial charge on any atom is 0.227 e. The molecular formula is C17H17NO3. The molecule has 1 aliphatic heterocycles. The van der Waals surface area contributed by atoms with Crippen molar-refractivity contribution in [2.75, 3.05) is 11.9 Å². The Hall–Kier alpha value is -2.36. The minimum Gasteiger partial charge on any atom is -0.469 e. The number of hydrogen-bond donors (Lipinski definition) is 0. The molecule has 0 bridgehead atoms. The van der Waals surface area contributed by atoms with Crippen LogP contribution in [0.2, 0.25) is 0 Å². The van der Waals surface area contributed by atoms with E-state index in [1.807, 2.05) is 19.1 Å². The second kappa shape index (κ2) is 5.20. The molecule has 4 nitrogen and oxygen atoms in total. The van der Waals surface area contributed by atoms with Crippen molar-refractivity contribution in [3.63, 3.8) is 0 Å². The lowest BCUT2D eigenvalue weighted by Gasteiger charge is -2.26. The van der Waals surface area contributed by atoms with Crippen molar-refractivity contribution >= 4 is 17.4 Å². The fourth-order valence-electron chi connectivity index (χ4n) is 2.77. The Balaban J connectivity index is 1.98. The molecule has 0 fully saturated rings. The monoisotopic (exact) mass is 283 g/mol. The number of furan rings is 1. The van der Waals surface area contributed by atoms with E-state index >= 15 is 0 Å². The van der Waals surface area contributed by atoms with E-state index in [2.05, 4.69) is 0 Å². The number of hydrogen-bond acceptors (Lipinski definition) is 3. The van der Waals surface area contributed by atoms with Crippen LogP contribution in [-0.2, 0) is 17.6 Å². The lowest BCUT2D eigenvalue weighted by Crippen LogP contribution is -2.31. The average Bonchev–Trinajstić information content (AvgIpc) is 2.98. The summed E-state index contributed by atoms with van der Waals surface area (Å²) in [7, 11) is 1.77. The average molecular weight is 283 g/mol. The molecule has 0 aliphatic carbocycles. The SMILES string of the molecule is CCc1occc1C(=O)c1ccc2c(c1)CCC(=O)N2C. The van der Waals surface area contributed by atoms with E-state index in [0.29, 0.717) is 36.1 Å². The van der Waals surface area contributed by atoms with Gasteiger partial charge in [-0.05, 0) is 36.2 Å². The van der Waals surface area contributed by atoms with Crippen molar-refractivity contribution in [2.45, 2.75) is 26.2 Å². The van der Waals surface area contributed by atoms with E-state index in [4.69, 9.17) is 4.42 Å². The summed E-state index contributed by atoms with van der Waals surface area (Å²) < 4.78 is 5.33. The molecule has 3 rings (SSSR count). The highest BCUT2D eigenvalue weighted by atomic mass is 16.3. The zero-order valence-electron chi connectivity index (χ0n) is 12.2. The number of benzene rings is 1. The quantitative estimate of drug-likeness (QED) is 0.814. The Labute approximate surface area is 123 Å². The van der Waals surface area contributed by atoms with Gasteiger partial charge in [-0.1, -0.05) is 6.92 Å². The van der Waals surface area contributed by atoms with Crippen LogP contribution in [0.1, 0.15) is 40.6 Å². The zero-order valence-corrected chi connectivity index (χ0v) is 12.2. The molecule has 4 heteroatoms. The minimum absolute atomic E-state index is 0.0250. The van der Waals surface area contributed by atoms with E-state index < -0.39 is 0 Å². The molecule has 1 aromatic heterocycles. The van der Waals surface area contributed by atoms with Gasteiger partial charge in [0, 0.05) is 31.1 Å². The largest absolute Gasteiger partial charge is 0.469 e. The smallest absolute Gasteiger partial charge is 0.227 e. The number of rotatable bonds is 3. The van der Waals surface area contributed by atoms with Gasteiger partial charge in [0.2, 0.25) is 5.91 Å². The Morgan fingerprint density at radius 3 is 2.86 bits per heavy atom. The Bertz CT molecular complexity index is 715. The lowest BCUT2D eigenvalue weighted by atomic mass is 9.95. The summed E-state index contributed by atoms with van der Waals surface area (Å²) >= 11 is 0. The van der Waals surface area contributed by atoms with Gasteiger partial charge < -0.3 is 9.32 Å². The van der Waals surface area contributed by atoms with Gasteiger partial charge in [-0.3, -0.25) is 9.59 Å². The van der Waals surface area contributed by atoms with Crippen LogP contribution in [0.15, 0.2) is 34.9 Å². The first-order chi connectivity index (χ1) is 10.1. The van der Waals surface area contributed by atoms with Gasteiger partial charge in [0.1, 0.15) is 5.76 Å². The Morgan fingerprint density at radius 2 is 2.10 bits per heavy atom. The highest BCUT2D eigenvalue weighted by Crippen LogP contribution is 2.28. The molecule has 108 valence electrons. The molecule has 2 aromatic rings. The summed E-state index contributed by atoms with van der Waals surface area (Å²) in [4.78, 5) is 25.9. The second-order valence-electron chi connectivity index (χ2n) is 5.24. The first kappa shape index (κ1) is 13.6. The number of anilines is 1. The third-order valence-corrected chi connectivity index (χ3v) is 4.00. The topological polar surface area (TPSA) is 50.5 Å². The van der Waals surface area contributed by atoms with Crippen molar-refractivity contribution in [1.29, 1.82) is 0 Å². The van der Waals surface area contributed by atoms with E-state index in [9.17, 15) is 9.59 Å². The number of amides is 1.